The molecule has 0 N–H and O–H groups in total. The molecule has 0 atom stereocenters. The first-order valence-corrected chi connectivity index (χ1v) is 22.3. The van der Waals surface area contributed by atoms with E-state index in [4.69, 9.17) is 4.42 Å². The van der Waals surface area contributed by atoms with Crippen molar-refractivity contribution in [2.75, 3.05) is 4.90 Å². The molecule has 14 rings (SSSR count). The average Bonchev–Trinajstić information content (AvgIpc) is 3.91. The SMILES string of the molecule is c1ccc(-c2c3c(cc4c2c2ccc(N(c5ccccc5)c5ccc6c7ccccc7c7ccccc7c6c5)cc2n4-c2cc4ccccc4c4ccccc24)oc2ccccc23)cc1. The minimum Gasteiger partial charge on any atom is -0.456 e. The second-order valence-electron chi connectivity index (χ2n) is 17.2. The fraction of sp³-hybridized carbons (Fsp3) is 0. The van der Waals surface area contributed by atoms with Crippen molar-refractivity contribution < 1.29 is 4.42 Å². The summed E-state index contributed by atoms with van der Waals surface area (Å²) in [5.41, 5.74) is 10.7. The van der Waals surface area contributed by atoms with Gasteiger partial charge in [0.1, 0.15) is 11.2 Å². The van der Waals surface area contributed by atoms with Crippen molar-refractivity contribution in [1.82, 2.24) is 4.57 Å². The van der Waals surface area contributed by atoms with Crippen molar-refractivity contribution in [3.8, 4) is 16.8 Å². The van der Waals surface area contributed by atoms with Gasteiger partial charge in [-0.1, -0.05) is 176 Å². The third-order valence-electron chi connectivity index (χ3n) is 13.7. The Bertz CT molecular complexity index is 4200. The van der Waals surface area contributed by atoms with Gasteiger partial charge < -0.3 is 13.9 Å². The molecule has 0 bridgehead atoms. The molecule has 0 unspecified atom stereocenters. The summed E-state index contributed by atoms with van der Waals surface area (Å²) in [4.78, 5) is 2.42. The number of hydrogen-bond acceptors (Lipinski definition) is 2. The molecule has 0 radical (unpaired) electrons. The highest BCUT2D eigenvalue weighted by molar-refractivity contribution is 6.29. The number of nitrogens with zero attached hydrogens (tertiary/aromatic N) is 2. The molecule has 0 fully saturated rings. The minimum atomic E-state index is 0.869. The maximum Gasteiger partial charge on any atom is 0.138 e. The van der Waals surface area contributed by atoms with Crippen molar-refractivity contribution in [3.63, 3.8) is 0 Å². The Kier molecular flexibility index (Phi) is 7.69. The fourth-order valence-electron chi connectivity index (χ4n) is 10.9. The maximum atomic E-state index is 6.82. The van der Waals surface area contributed by atoms with Gasteiger partial charge in [-0.15, -0.1) is 0 Å². The molecule has 302 valence electrons. The van der Waals surface area contributed by atoms with Crippen molar-refractivity contribution in [1.29, 1.82) is 0 Å². The lowest BCUT2D eigenvalue weighted by Crippen LogP contribution is -2.10. The van der Waals surface area contributed by atoms with E-state index in [1.807, 2.05) is 0 Å². The molecule has 12 aromatic carbocycles. The topological polar surface area (TPSA) is 21.3 Å². The summed E-state index contributed by atoms with van der Waals surface area (Å²) in [6.07, 6.45) is 0. The van der Waals surface area contributed by atoms with E-state index < -0.39 is 0 Å². The predicted molar refractivity (Wildman–Crippen MR) is 276 cm³/mol. The first-order chi connectivity index (χ1) is 32.3. The fourth-order valence-corrected chi connectivity index (χ4v) is 10.9. The zero-order valence-electron chi connectivity index (χ0n) is 35.2. The Balaban J connectivity index is 1.13. The van der Waals surface area contributed by atoms with E-state index in [1.54, 1.807) is 0 Å². The van der Waals surface area contributed by atoms with Gasteiger partial charge in [0.05, 0.1) is 16.7 Å². The lowest BCUT2D eigenvalue weighted by Gasteiger charge is -2.26. The molecule has 0 aliphatic rings. The highest BCUT2D eigenvalue weighted by Gasteiger charge is 2.25. The zero-order valence-corrected chi connectivity index (χ0v) is 35.2. The number of fused-ring (bicyclic) bond motifs is 15. The monoisotopic (exact) mass is 826 g/mol. The molecule has 3 nitrogen and oxygen atoms in total. The van der Waals surface area contributed by atoms with Crippen molar-refractivity contribution in [2.45, 2.75) is 0 Å². The van der Waals surface area contributed by atoms with Gasteiger partial charge in [-0.05, 0) is 103 Å². The van der Waals surface area contributed by atoms with E-state index in [0.717, 1.165) is 61.3 Å². The first kappa shape index (κ1) is 35.9. The van der Waals surface area contributed by atoms with Gasteiger partial charge in [-0.3, -0.25) is 0 Å². The normalized spacial score (nSPS) is 12.0. The van der Waals surface area contributed by atoms with Crippen LogP contribution in [0.4, 0.5) is 17.1 Å². The smallest absolute Gasteiger partial charge is 0.138 e. The van der Waals surface area contributed by atoms with E-state index >= 15 is 0 Å². The number of aromatic nitrogens is 1. The van der Waals surface area contributed by atoms with Crippen LogP contribution in [0.15, 0.2) is 235 Å². The highest BCUT2D eigenvalue weighted by atomic mass is 16.3. The van der Waals surface area contributed by atoms with Gasteiger partial charge in [0.15, 0.2) is 0 Å². The van der Waals surface area contributed by atoms with Crippen LogP contribution < -0.4 is 4.90 Å². The van der Waals surface area contributed by atoms with Crippen molar-refractivity contribution >= 4 is 115 Å². The summed E-state index contributed by atoms with van der Waals surface area (Å²) in [5, 5.41) is 17.0. The third kappa shape index (κ3) is 5.30. The third-order valence-corrected chi connectivity index (χ3v) is 13.7. The molecule has 65 heavy (non-hydrogen) atoms. The molecule has 3 heteroatoms. The van der Waals surface area contributed by atoms with Crippen LogP contribution in [0.25, 0.3) is 114 Å². The molecule has 0 aliphatic heterocycles. The number of rotatable bonds is 5. The second-order valence-corrected chi connectivity index (χ2v) is 17.2. The average molecular weight is 827 g/mol. The van der Waals surface area contributed by atoms with Crippen LogP contribution in [0, 0.1) is 0 Å². The van der Waals surface area contributed by atoms with Crippen molar-refractivity contribution in [3.05, 3.63) is 231 Å². The predicted octanol–water partition coefficient (Wildman–Crippen LogP) is 17.6. The Morgan fingerprint density at radius 1 is 0.308 bits per heavy atom. The van der Waals surface area contributed by atoms with E-state index in [-0.39, 0.29) is 0 Å². The number of furan rings is 1. The number of hydrogen-bond donors (Lipinski definition) is 0. The molecule has 0 aliphatic carbocycles. The van der Waals surface area contributed by atoms with Gasteiger partial charge >= 0.3 is 0 Å². The number of para-hydroxylation sites is 2. The Labute approximate surface area is 374 Å². The van der Waals surface area contributed by atoms with E-state index in [0.29, 0.717) is 0 Å². The standard InChI is InChI=1S/C62H38N2O/c1-3-17-39(18-4-1)60-61-52-34-32-43(63(41-20-5-2-6-21-41)42-31-33-50-48-26-10-9-24-46(48)47-25-11-12-27-49(47)54(50)36-42)37-56(52)64(57(61)38-59-62(60)53-29-15-16-30-58(53)65-59)55-35-40-19-7-8-22-44(40)45-23-13-14-28-51(45)55/h1-38H. The van der Waals surface area contributed by atoms with Gasteiger partial charge in [0, 0.05) is 55.6 Å². The van der Waals surface area contributed by atoms with E-state index in [1.165, 1.54) is 70.2 Å². The van der Waals surface area contributed by atoms with Crippen LogP contribution >= 0.6 is 0 Å². The summed E-state index contributed by atoms with van der Waals surface area (Å²) in [7, 11) is 0. The second kappa shape index (κ2) is 13.9. The van der Waals surface area contributed by atoms with Crippen LogP contribution in [-0.2, 0) is 0 Å². The molecule has 0 saturated carbocycles. The van der Waals surface area contributed by atoms with Crippen LogP contribution in [0.1, 0.15) is 0 Å². The van der Waals surface area contributed by atoms with Crippen LogP contribution in [0.2, 0.25) is 0 Å². The number of anilines is 3. The maximum absolute atomic E-state index is 6.82. The van der Waals surface area contributed by atoms with Gasteiger partial charge in [-0.2, -0.15) is 0 Å². The molecular formula is C62H38N2O. The van der Waals surface area contributed by atoms with E-state index in [9.17, 15) is 0 Å². The molecule has 0 saturated heterocycles. The molecule has 0 spiro atoms. The van der Waals surface area contributed by atoms with Crippen molar-refractivity contribution in [2.24, 2.45) is 0 Å². The summed E-state index contributed by atoms with van der Waals surface area (Å²) >= 11 is 0. The van der Waals surface area contributed by atoms with Gasteiger partial charge in [0.25, 0.3) is 0 Å². The Morgan fingerprint density at radius 2 is 0.831 bits per heavy atom. The van der Waals surface area contributed by atoms with Crippen LogP contribution in [-0.4, -0.2) is 4.57 Å². The highest BCUT2D eigenvalue weighted by Crippen LogP contribution is 2.49. The van der Waals surface area contributed by atoms with E-state index in [2.05, 4.69) is 240 Å². The Hall–Kier alpha value is -8.66. The summed E-state index contributed by atoms with van der Waals surface area (Å²) in [5.74, 6) is 0. The molecule has 2 aromatic heterocycles. The molecule has 0 amide bonds. The quantitative estimate of drug-likeness (QED) is 0.161. The van der Waals surface area contributed by atoms with Crippen LogP contribution in [0.5, 0.6) is 0 Å². The lowest BCUT2D eigenvalue weighted by atomic mass is 9.93. The number of benzene rings is 12. The summed E-state index contributed by atoms with van der Waals surface area (Å²) in [6, 6.07) is 84.1. The molecule has 2 heterocycles. The first-order valence-electron chi connectivity index (χ1n) is 22.3. The Morgan fingerprint density at radius 3 is 1.54 bits per heavy atom. The van der Waals surface area contributed by atoms with Crippen LogP contribution in [0.3, 0.4) is 0 Å². The minimum absolute atomic E-state index is 0.869. The lowest BCUT2D eigenvalue weighted by molar-refractivity contribution is 0.669. The summed E-state index contributed by atoms with van der Waals surface area (Å²) < 4.78 is 9.32. The zero-order chi connectivity index (χ0) is 42.6. The van der Waals surface area contributed by atoms with Gasteiger partial charge in [-0.25, -0.2) is 0 Å². The largest absolute Gasteiger partial charge is 0.456 e. The van der Waals surface area contributed by atoms with Gasteiger partial charge in [0.2, 0.25) is 0 Å². The molecular weight excluding hydrogens is 789 g/mol. The summed E-state index contributed by atoms with van der Waals surface area (Å²) in [6.45, 7) is 0. The molecule has 14 aromatic rings.